The molecule has 1 heterocycles. The van der Waals surface area contributed by atoms with Gasteiger partial charge < -0.3 is 4.74 Å². The summed E-state index contributed by atoms with van der Waals surface area (Å²) in [5.74, 6) is 7.43. The lowest BCUT2D eigenvalue weighted by Gasteiger charge is -2.57. The average Bonchev–Trinajstić information content (AvgIpc) is 3.12. The summed E-state index contributed by atoms with van der Waals surface area (Å²) >= 11 is 0. The standard InChI is InChI=1S/C28H44N2O/c1-18(13-22-16-29-19(2)15-30-22)26-9-10-27-25-8-6-21-14-20(17-31-4)5-7-23(21)24(25)11-12-28(26,27)3/h15-16,18,20-21,23-27H,5-14,17H2,1-4H3/t18-,20-,21+,23-,24?,25+,26?,27?,28+/m0/s1. The zero-order chi connectivity index (χ0) is 21.6. The van der Waals surface area contributed by atoms with E-state index in [0.29, 0.717) is 11.3 Å². The maximum absolute atomic E-state index is 5.51. The molecule has 5 rings (SSSR count). The lowest BCUT2D eigenvalue weighted by atomic mass is 9.48. The lowest BCUT2D eigenvalue weighted by Crippen LogP contribution is -2.49. The van der Waals surface area contributed by atoms with Crippen LogP contribution in [0.1, 0.15) is 83.0 Å². The van der Waals surface area contributed by atoms with Crippen LogP contribution in [0.3, 0.4) is 0 Å². The van der Waals surface area contributed by atoms with Crippen molar-refractivity contribution in [3.63, 3.8) is 0 Å². The minimum Gasteiger partial charge on any atom is -0.384 e. The first-order chi connectivity index (χ1) is 15.0. The molecule has 31 heavy (non-hydrogen) atoms. The predicted octanol–water partition coefficient (Wildman–Crippen LogP) is 6.50. The van der Waals surface area contributed by atoms with Crippen molar-refractivity contribution in [3.05, 3.63) is 23.8 Å². The summed E-state index contributed by atoms with van der Waals surface area (Å²) in [5.41, 5.74) is 2.76. The molecule has 4 aliphatic rings. The first-order valence-corrected chi connectivity index (χ1v) is 13.3. The molecule has 9 atom stereocenters. The van der Waals surface area contributed by atoms with Crippen LogP contribution in [0.4, 0.5) is 0 Å². The molecule has 3 heteroatoms. The molecule has 0 aliphatic heterocycles. The molecule has 172 valence electrons. The van der Waals surface area contributed by atoms with Gasteiger partial charge in [-0.2, -0.15) is 0 Å². The molecule has 0 amide bonds. The van der Waals surface area contributed by atoms with Gasteiger partial charge in [-0.3, -0.25) is 9.97 Å². The third-order valence-corrected chi connectivity index (χ3v) is 10.6. The van der Waals surface area contributed by atoms with E-state index in [1.807, 2.05) is 26.4 Å². The van der Waals surface area contributed by atoms with Crippen LogP contribution in [-0.4, -0.2) is 23.7 Å². The van der Waals surface area contributed by atoms with E-state index in [9.17, 15) is 0 Å². The minimum absolute atomic E-state index is 0.554. The Morgan fingerprint density at radius 2 is 1.84 bits per heavy atom. The number of aromatic nitrogens is 2. The number of methoxy groups -OCH3 is 1. The van der Waals surface area contributed by atoms with E-state index in [1.54, 1.807) is 0 Å². The number of hydrogen-bond donors (Lipinski definition) is 0. The van der Waals surface area contributed by atoms with Crippen molar-refractivity contribution >= 4 is 0 Å². The normalized spacial score (nSPS) is 43.0. The van der Waals surface area contributed by atoms with Crippen LogP contribution >= 0.6 is 0 Å². The van der Waals surface area contributed by atoms with Crippen molar-refractivity contribution in [1.29, 1.82) is 0 Å². The Balaban J connectivity index is 1.27. The van der Waals surface area contributed by atoms with Crippen LogP contribution in [0.25, 0.3) is 0 Å². The second kappa shape index (κ2) is 8.76. The summed E-state index contributed by atoms with van der Waals surface area (Å²) in [6.07, 6.45) is 18.3. The summed E-state index contributed by atoms with van der Waals surface area (Å²) in [7, 11) is 1.88. The van der Waals surface area contributed by atoms with Crippen molar-refractivity contribution in [3.8, 4) is 0 Å². The molecule has 3 unspecified atom stereocenters. The number of nitrogens with zero attached hydrogens (tertiary/aromatic N) is 2. The molecule has 4 aliphatic carbocycles. The van der Waals surface area contributed by atoms with E-state index in [4.69, 9.17) is 4.74 Å². The third kappa shape index (κ3) is 3.98. The van der Waals surface area contributed by atoms with Crippen LogP contribution in [0.2, 0.25) is 0 Å². The molecule has 3 nitrogen and oxygen atoms in total. The smallest absolute Gasteiger partial charge is 0.0589 e. The van der Waals surface area contributed by atoms with E-state index in [-0.39, 0.29) is 0 Å². The molecule has 1 aromatic heterocycles. The van der Waals surface area contributed by atoms with Gasteiger partial charge in [0.25, 0.3) is 0 Å². The van der Waals surface area contributed by atoms with E-state index < -0.39 is 0 Å². The summed E-state index contributed by atoms with van der Waals surface area (Å²) in [6.45, 7) is 8.20. The molecule has 1 aromatic rings. The molecule has 0 spiro atoms. The van der Waals surface area contributed by atoms with E-state index in [1.165, 1.54) is 63.5 Å². The van der Waals surface area contributed by atoms with Gasteiger partial charge >= 0.3 is 0 Å². The second-order valence-electron chi connectivity index (χ2n) is 12.1. The maximum atomic E-state index is 5.51. The average molecular weight is 425 g/mol. The van der Waals surface area contributed by atoms with E-state index in [0.717, 1.165) is 60.1 Å². The first-order valence-electron chi connectivity index (χ1n) is 13.3. The molecule has 4 saturated carbocycles. The van der Waals surface area contributed by atoms with Crippen LogP contribution < -0.4 is 0 Å². The van der Waals surface area contributed by atoms with Gasteiger partial charge in [0.1, 0.15) is 0 Å². The molecule has 0 saturated heterocycles. The van der Waals surface area contributed by atoms with Crippen molar-refractivity contribution in [2.75, 3.05) is 13.7 Å². The van der Waals surface area contributed by atoms with Gasteiger partial charge in [0.05, 0.1) is 11.4 Å². The van der Waals surface area contributed by atoms with Crippen LogP contribution in [0, 0.1) is 59.7 Å². The van der Waals surface area contributed by atoms with E-state index >= 15 is 0 Å². The monoisotopic (exact) mass is 424 g/mol. The fourth-order valence-corrected chi connectivity index (χ4v) is 9.31. The van der Waals surface area contributed by atoms with Crippen LogP contribution in [0.5, 0.6) is 0 Å². The summed E-state index contributed by atoms with van der Waals surface area (Å²) in [6, 6.07) is 0. The zero-order valence-electron chi connectivity index (χ0n) is 20.4. The summed E-state index contributed by atoms with van der Waals surface area (Å²) in [5, 5.41) is 0. The molecule has 0 aromatic carbocycles. The molecule has 0 N–H and O–H groups in total. The Kier molecular flexibility index (Phi) is 6.18. The highest BCUT2D eigenvalue weighted by atomic mass is 16.5. The minimum atomic E-state index is 0.554. The molecular weight excluding hydrogens is 380 g/mol. The Labute approximate surface area is 190 Å². The highest BCUT2D eigenvalue weighted by Gasteiger charge is 2.57. The largest absolute Gasteiger partial charge is 0.384 e. The fraction of sp³-hybridized carbons (Fsp3) is 0.857. The molecular formula is C28H44N2O. The predicted molar refractivity (Wildman–Crippen MR) is 126 cm³/mol. The highest BCUT2D eigenvalue weighted by Crippen LogP contribution is 2.65. The van der Waals surface area contributed by atoms with Crippen LogP contribution in [-0.2, 0) is 11.2 Å². The van der Waals surface area contributed by atoms with Crippen molar-refractivity contribution < 1.29 is 4.74 Å². The van der Waals surface area contributed by atoms with Crippen molar-refractivity contribution in [1.82, 2.24) is 9.97 Å². The van der Waals surface area contributed by atoms with Gasteiger partial charge in [0, 0.05) is 26.1 Å². The Morgan fingerprint density at radius 1 is 1.00 bits per heavy atom. The summed E-state index contributed by atoms with van der Waals surface area (Å²) in [4.78, 5) is 9.17. The zero-order valence-corrected chi connectivity index (χ0v) is 20.4. The first kappa shape index (κ1) is 21.9. The second-order valence-corrected chi connectivity index (χ2v) is 12.1. The number of ether oxygens (including phenoxy) is 1. The van der Waals surface area contributed by atoms with Crippen molar-refractivity contribution in [2.45, 2.75) is 85.0 Å². The van der Waals surface area contributed by atoms with Gasteiger partial charge in [-0.1, -0.05) is 13.8 Å². The number of rotatable bonds is 5. The topological polar surface area (TPSA) is 35.0 Å². The van der Waals surface area contributed by atoms with Gasteiger partial charge in [0.15, 0.2) is 0 Å². The molecule has 4 fully saturated rings. The summed E-state index contributed by atoms with van der Waals surface area (Å²) < 4.78 is 5.51. The Morgan fingerprint density at radius 3 is 2.61 bits per heavy atom. The molecule has 0 radical (unpaired) electrons. The van der Waals surface area contributed by atoms with E-state index in [2.05, 4.69) is 23.8 Å². The third-order valence-electron chi connectivity index (χ3n) is 10.6. The highest BCUT2D eigenvalue weighted by molar-refractivity contribution is 5.09. The number of hydrogen-bond acceptors (Lipinski definition) is 3. The Bertz CT molecular complexity index is 748. The molecule has 0 bridgehead atoms. The number of aryl methyl sites for hydroxylation is 1. The lowest BCUT2D eigenvalue weighted by molar-refractivity contribution is -0.0769. The number of fused-ring (bicyclic) bond motifs is 5. The van der Waals surface area contributed by atoms with Gasteiger partial charge in [-0.25, -0.2) is 0 Å². The SMILES string of the molecule is COC[C@H]1CC[C@@H]2C3CC[C@@]4(C)C(CCC4[C@@H](C)Cc4cnc(C)cn4)[C@@H]3CC[C@@H]2C1. The van der Waals surface area contributed by atoms with Crippen molar-refractivity contribution in [2.24, 2.45) is 52.8 Å². The van der Waals surface area contributed by atoms with Gasteiger partial charge in [-0.05, 0) is 124 Å². The van der Waals surface area contributed by atoms with Gasteiger partial charge in [-0.15, -0.1) is 0 Å². The fourth-order valence-electron chi connectivity index (χ4n) is 9.31. The quantitative estimate of drug-likeness (QED) is 0.541. The van der Waals surface area contributed by atoms with Crippen LogP contribution in [0.15, 0.2) is 12.4 Å². The Hall–Kier alpha value is -0.960. The maximum Gasteiger partial charge on any atom is 0.0589 e. The van der Waals surface area contributed by atoms with Gasteiger partial charge in [0.2, 0.25) is 0 Å².